The Morgan fingerprint density at radius 1 is 1.25 bits per heavy atom. The molecule has 2 aromatic rings. The molecule has 1 amide bonds. The van der Waals surface area contributed by atoms with Gasteiger partial charge in [0.1, 0.15) is 5.82 Å². The van der Waals surface area contributed by atoms with Crippen LogP contribution in [0.2, 0.25) is 0 Å². The van der Waals surface area contributed by atoms with Crippen LogP contribution < -0.4 is 5.32 Å². The lowest BCUT2D eigenvalue weighted by molar-refractivity contribution is -0.121. The molecular formula is C16H18FN3O3S. The highest BCUT2D eigenvalue weighted by molar-refractivity contribution is 7.88. The molecule has 128 valence electrons. The van der Waals surface area contributed by atoms with Crippen LogP contribution in [-0.4, -0.2) is 36.4 Å². The normalized spacial score (nSPS) is 11.5. The number of hydrogen-bond donors (Lipinski definition) is 1. The van der Waals surface area contributed by atoms with Crippen LogP contribution in [0.3, 0.4) is 0 Å². The number of benzene rings is 1. The van der Waals surface area contributed by atoms with E-state index in [1.54, 1.807) is 36.5 Å². The lowest BCUT2D eigenvalue weighted by Crippen LogP contribution is -2.39. The third kappa shape index (κ3) is 5.39. The van der Waals surface area contributed by atoms with Gasteiger partial charge in [0, 0.05) is 31.0 Å². The Hall–Kier alpha value is -2.32. The van der Waals surface area contributed by atoms with Crippen LogP contribution in [0.5, 0.6) is 0 Å². The highest BCUT2D eigenvalue weighted by Gasteiger charge is 2.20. The third-order valence-electron chi connectivity index (χ3n) is 3.30. The van der Waals surface area contributed by atoms with E-state index in [1.165, 1.54) is 12.3 Å². The molecule has 1 N–H and O–H groups in total. The number of nitrogens with zero attached hydrogens (tertiary/aromatic N) is 2. The number of pyridine rings is 1. The number of carbonyl (C=O) groups is 1. The van der Waals surface area contributed by atoms with Crippen molar-refractivity contribution in [2.75, 3.05) is 12.8 Å². The monoisotopic (exact) mass is 351 g/mol. The number of carbonyl (C=O) groups excluding carboxylic acids is 1. The Balaban J connectivity index is 1.99. The molecule has 0 aliphatic rings. The Bertz CT molecular complexity index is 797. The molecule has 8 heteroatoms. The topological polar surface area (TPSA) is 79.4 Å². The number of amides is 1. The number of hydrogen-bond acceptors (Lipinski definition) is 4. The summed E-state index contributed by atoms with van der Waals surface area (Å²) in [7, 11) is -3.58. The fraction of sp³-hybridized carbons (Fsp3) is 0.250. The predicted molar refractivity (Wildman–Crippen MR) is 87.7 cm³/mol. The molecule has 24 heavy (non-hydrogen) atoms. The van der Waals surface area contributed by atoms with Gasteiger partial charge in [-0.3, -0.25) is 9.78 Å². The van der Waals surface area contributed by atoms with E-state index in [1.807, 2.05) is 0 Å². The molecule has 0 aliphatic heterocycles. The molecule has 6 nitrogen and oxygen atoms in total. The quantitative estimate of drug-likeness (QED) is 0.815. The van der Waals surface area contributed by atoms with Gasteiger partial charge in [-0.2, -0.15) is 4.31 Å². The first-order chi connectivity index (χ1) is 11.4. The smallest absolute Gasteiger partial charge is 0.235 e. The zero-order valence-corrected chi connectivity index (χ0v) is 14.0. The zero-order valence-electron chi connectivity index (χ0n) is 13.1. The van der Waals surface area contributed by atoms with Crippen molar-refractivity contribution in [3.05, 3.63) is 65.7 Å². The Labute approximate surface area is 140 Å². The first-order valence-electron chi connectivity index (χ1n) is 7.20. The Morgan fingerprint density at radius 2 is 2.00 bits per heavy atom. The minimum atomic E-state index is -3.58. The molecule has 0 bridgehead atoms. The summed E-state index contributed by atoms with van der Waals surface area (Å²) in [5, 5.41) is 2.53. The summed E-state index contributed by atoms with van der Waals surface area (Å²) in [6.45, 7) is -0.308. The van der Waals surface area contributed by atoms with E-state index in [0.717, 1.165) is 10.6 Å². The van der Waals surface area contributed by atoms with Gasteiger partial charge in [0.15, 0.2) is 0 Å². The van der Waals surface area contributed by atoms with Gasteiger partial charge in [0.25, 0.3) is 0 Å². The highest BCUT2D eigenvalue weighted by Crippen LogP contribution is 2.08. The van der Waals surface area contributed by atoms with Gasteiger partial charge in [-0.1, -0.05) is 24.3 Å². The van der Waals surface area contributed by atoms with Crippen molar-refractivity contribution >= 4 is 15.9 Å². The average Bonchev–Trinajstić information content (AvgIpc) is 2.53. The molecule has 0 saturated carbocycles. The summed E-state index contributed by atoms with van der Waals surface area (Å²) in [5.41, 5.74) is 1.01. The van der Waals surface area contributed by atoms with Crippen molar-refractivity contribution < 1.29 is 17.6 Å². The van der Waals surface area contributed by atoms with E-state index in [9.17, 15) is 17.6 Å². The fourth-order valence-corrected chi connectivity index (χ4v) is 2.77. The SMILES string of the molecule is CS(=O)(=O)N(CC(=O)NCc1ccccc1F)Cc1cccnc1. The van der Waals surface area contributed by atoms with Crippen molar-refractivity contribution in [2.45, 2.75) is 13.1 Å². The van der Waals surface area contributed by atoms with Crippen molar-refractivity contribution in [1.82, 2.24) is 14.6 Å². The van der Waals surface area contributed by atoms with Gasteiger partial charge in [0.05, 0.1) is 12.8 Å². The average molecular weight is 351 g/mol. The summed E-state index contributed by atoms with van der Waals surface area (Å²) in [4.78, 5) is 15.9. The first kappa shape index (κ1) is 18.0. The first-order valence-corrected chi connectivity index (χ1v) is 9.05. The van der Waals surface area contributed by atoms with Gasteiger partial charge in [-0.05, 0) is 17.7 Å². The molecular weight excluding hydrogens is 333 g/mol. The van der Waals surface area contributed by atoms with E-state index in [4.69, 9.17) is 0 Å². The minimum Gasteiger partial charge on any atom is -0.351 e. The maximum absolute atomic E-state index is 13.5. The molecule has 0 atom stereocenters. The van der Waals surface area contributed by atoms with E-state index in [0.29, 0.717) is 11.1 Å². The van der Waals surface area contributed by atoms with Gasteiger partial charge in [0.2, 0.25) is 15.9 Å². The molecule has 1 heterocycles. The van der Waals surface area contributed by atoms with Crippen LogP contribution in [0.4, 0.5) is 4.39 Å². The number of sulfonamides is 1. The maximum Gasteiger partial charge on any atom is 0.235 e. The maximum atomic E-state index is 13.5. The van der Waals surface area contributed by atoms with Crippen molar-refractivity contribution in [2.24, 2.45) is 0 Å². The Kier molecular flexibility index (Phi) is 5.99. The van der Waals surface area contributed by atoms with Gasteiger partial charge in [-0.15, -0.1) is 0 Å². The fourth-order valence-electron chi connectivity index (χ4n) is 2.04. The summed E-state index contributed by atoms with van der Waals surface area (Å²) in [6, 6.07) is 9.48. The zero-order chi connectivity index (χ0) is 17.6. The van der Waals surface area contributed by atoms with Crippen molar-refractivity contribution in [3.8, 4) is 0 Å². The van der Waals surface area contributed by atoms with Gasteiger partial charge in [-0.25, -0.2) is 12.8 Å². The van der Waals surface area contributed by atoms with E-state index in [2.05, 4.69) is 10.3 Å². The van der Waals surface area contributed by atoms with Crippen LogP contribution in [-0.2, 0) is 27.9 Å². The second-order valence-corrected chi connectivity index (χ2v) is 7.24. The minimum absolute atomic E-state index is 0.00397. The molecule has 0 aliphatic carbocycles. The predicted octanol–water partition coefficient (Wildman–Crippen LogP) is 1.30. The summed E-state index contributed by atoms with van der Waals surface area (Å²) in [5.74, 6) is -0.930. The van der Waals surface area contributed by atoms with Crippen LogP contribution >= 0.6 is 0 Å². The number of aromatic nitrogens is 1. The lowest BCUT2D eigenvalue weighted by atomic mass is 10.2. The molecule has 0 radical (unpaired) electrons. The summed E-state index contributed by atoms with van der Waals surface area (Å²) >= 11 is 0. The molecule has 2 rings (SSSR count). The summed E-state index contributed by atoms with van der Waals surface area (Å²) < 4.78 is 38.3. The van der Waals surface area contributed by atoms with Crippen molar-refractivity contribution in [1.29, 1.82) is 0 Å². The third-order valence-corrected chi connectivity index (χ3v) is 4.50. The van der Waals surface area contributed by atoms with Gasteiger partial charge < -0.3 is 5.32 Å². The van der Waals surface area contributed by atoms with Crippen molar-refractivity contribution in [3.63, 3.8) is 0 Å². The molecule has 0 unspecified atom stereocenters. The van der Waals surface area contributed by atoms with Crippen LogP contribution in [0, 0.1) is 5.82 Å². The van der Waals surface area contributed by atoms with Crippen LogP contribution in [0.25, 0.3) is 0 Å². The van der Waals surface area contributed by atoms with E-state index < -0.39 is 21.7 Å². The van der Waals surface area contributed by atoms with E-state index in [-0.39, 0.29) is 19.6 Å². The standard InChI is InChI=1S/C16H18FN3O3S/c1-24(22,23)20(11-13-5-4-8-18-9-13)12-16(21)19-10-14-6-2-3-7-15(14)17/h2-9H,10-12H2,1H3,(H,19,21). The summed E-state index contributed by atoms with van der Waals surface area (Å²) in [6.07, 6.45) is 4.15. The number of nitrogens with one attached hydrogen (secondary N) is 1. The molecule has 0 spiro atoms. The number of rotatable bonds is 7. The second kappa shape index (κ2) is 7.98. The highest BCUT2D eigenvalue weighted by atomic mass is 32.2. The largest absolute Gasteiger partial charge is 0.351 e. The molecule has 0 saturated heterocycles. The van der Waals surface area contributed by atoms with E-state index >= 15 is 0 Å². The lowest BCUT2D eigenvalue weighted by Gasteiger charge is -2.19. The molecule has 1 aromatic carbocycles. The number of halogens is 1. The van der Waals surface area contributed by atoms with Crippen LogP contribution in [0.1, 0.15) is 11.1 Å². The second-order valence-electron chi connectivity index (χ2n) is 5.26. The molecule has 0 fully saturated rings. The Morgan fingerprint density at radius 3 is 2.62 bits per heavy atom. The van der Waals surface area contributed by atoms with Crippen LogP contribution in [0.15, 0.2) is 48.8 Å². The van der Waals surface area contributed by atoms with Gasteiger partial charge >= 0.3 is 0 Å². The molecule has 1 aromatic heterocycles.